The van der Waals surface area contributed by atoms with E-state index in [2.05, 4.69) is 14.5 Å². The van der Waals surface area contributed by atoms with Crippen LogP contribution in [0.25, 0.3) is 21.8 Å². The number of nitrogens with one attached hydrogen (secondary N) is 1. The van der Waals surface area contributed by atoms with Crippen molar-refractivity contribution in [3.63, 3.8) is 0 Å². The fourth-order valence-corrected chi connectivity index (χ4v) is 6.24. The van der Waals surface area contributed by atoms with Crippen LogP contribution in [0.5, 0.6) is 0 Å². The summed E-state index contributed by atoms with van der Waals surface area (Å²) in [7, 11) is 0. The van der Waals surface area contributed by atoms with Gasteiger partial charge in [0.1, 0.15) is 0 Å². The van der Waals surface area contributed by atoms with Crippen LogP contribution in [-0.4, -0.2) is 64.8 Å². The van der Waals surface area contributed by atoms with Gasteiger partial charge in [-0.2, -0.15) is 13.2 Å². The molecule has 3 aromatic rings. The van der Waals surface area contributed by atoms with Crippen molar-refractivity contribution in [3.8, 4) is 0 Å². The smallest absolute Gasteiger partial charge is 0.417 e. The zero-order valence-corrected chi connectivity index (χ0v) is 24.5. The van der Waals surface area contributed by atoms with E-state index in [0.29, 0.717) is 18.1 Å². The Morgan fingerprint density at radius 1 is 0.927 bits per heavy atom. The van der Waals surface area contributed by atoms with Crippen molar-refractivity contribution in [1.82, 2.24) is 19.4 Å². The van der Waals surface area contributed by atoms with E-state index >= 15 is 0 Å². The van der Waals surface area contributed by atoms with Crippen molar-refractivity contribution in [2.24, 2.45) is 0 Å². The van der Waals surface area contributed by atoms with Crippen LogP contribution in [0.1, 0.15) is 75.6 Å². The summed E-state index contributed by atoms with van der Waals surface area (Å²) >= 11 is 0. The Hall–Kier alpha value is -3.01. The summed E-state index contributed by atoms with van der Waals surface area (Å²) in [5.74, 6) is 0. The van der Waals surface area contributed by atoms with Crippen molar-refractivity contribution in [2.45, 2.75) is 84.9 Å². The molecule has 0 bridgehead atoms. The Kier molecular flexibility index (Phi) is 10.4. The zero-order valence-electron chi connectivity index (χ0n) is 24.5. The quantitative estimate of drug-likeness (QED) is 0.239. The van der Waals surface area contributed by atoms with Gasteiger partial charge in [-0.15, -0.1) is 0 Å². The van der Waals surface area contributed by atoms with Crippen molar-refractivity contribution in [3.05, 3.63) is 45.4 Å². The molecule has 41 heavy (non-hydrogen) atoms. The molecule has 1 saturated heterocycles. The van der Waals surface area contributed by atoms with Gasteiger partial charge < -0.3 is 19.2 Å². The first kappa shape index (κ1) is 30.9. The molecular formula is C31H43F3N4O3. The Labute approximate surface area is 239 Å². The minimum atomic E-state index is -4.61. The second kappa shape index (κ2) is 13.8. The van der Waals surface area contributed by atoms with E-state index in [9.17, 15) is 22.8 Å². The van der Waals surface area contributed by atoms with Gasteiger partial charge in [-0.1, -0.05) is 39.0 Å². The van der Waals surface area contributed by atoms with Gasteiger partial charge in [-0.3, -0.25) is 9.69 Å². The van der Waals surface area contributed by atoms with Crippen molar-refractivity contribution < 1.29 is 22.7 Å². The summed E-state index contributed by atoms with van der Waals surface area (Å²) in [6, 6.07) is 4.12. The number of benzene rings is 1. The maximum atomic E-state index is 13.9. The van der Waals surface area contributed by atoms with Crippen LogP contribution in [0.3, 0.4) is 0 Å². The third kappa shape index (κ3) is 7.26. The number of pyridine rings is 1. The maximum absolute atomic E-state index is 13.9. The van der Waals surface area contributed by atoms with Crippen LogP contribution < -0.4 is 5.56 Å². The van der Waals surface area contributed by atoms with Gasteiger partial charge >= 0.3 is 12.3 Å². The van der Waals surface area contributed by atoms with Crippen molar-refractivity contribution >= 4 is 27.9 Å². The van der Waals surface area contributed by atoms with Gasteiger partial charge in [0.05, 0.1) is 12.2 Å². The number of fused-ring (bicyclic) bond motifs is 3. The number of halogens is 3. The van der Waals surface area contributed by atoms with E-state index in [0.717, 1.165) is 88.1 Å². The fourth-order valence-electron chi connectivity index (χ4n) is 6.24. The van der Waals surface area contributed by atoms with Crippen LogP contribution in [-0.2, 0) is 23.9 Å². The first-order chi connectivity index (χ1) is 19.7. The zero-order chi connectivity index (χ0) is 29.6. The number of H-pyrrole nitrogens is 1. The lowest BCUT2D eigenvalue weighted by Gasteiger charge is -2.34. The molecule has 0 aliphatic carbocycles. The van der Waals surface area contributed by atoms with Gasteiger partial charge in [-0.25, -0.2) is 4.79 Å². The van der Waals surface area contributed by atoms with E-state index in [4.69, 9.17) is 4.74 Å². The number of piperazine rings is 1. The molecule has 3 heterocycles. The highest BCUT2D eigenvalue weighted by molar-refractivity contribution is 6.09. The summed E-state index contributed by atoms with van der Waals surface area (Å²) < 4.78 is 49.0. The third-order valence-corrected chi connectivity index (χ3v) is 8.31. The molecule has 0 spiro atoms. The topological polar surface area (TPSA) is 70.6 Å². The van der Waals surface area contributed by atoms with E-state index in [1.165, 1.54) is 19.3 Å². The first-order valence-corrected chi connectivity index (χ1v) is 15.0. The second-order valence-electron chi connectivity index (χ2n) is 11.0. The molecule has 226 valence electrons. The number of nitrogens with zero attached hydrogens (tertiary/aromatic N) is 3. The molecule has 0 atom stereocenters. The number of hydrogen-bond donors (Lipinski definition) is 1. The lowest BCUT2D eigenvalue weighted by molar-refractivity contribution is -0.136. The van der Waals surface area contributed by atoms with Gasteiger partial charge in [0.25, 0.3) is 0 Å². The molecule has 0 radical (unpaired) electrons. The fraction of sp³-hybridized carbons (Fsp3) is 0.613. The summed E-state index contributed by atoms with van der Waals surface area (Å²) in [6.45, 7) is 11.3. The van der Waals surface area contributed by atoms with Gasteiger partial charge in [0, 0.05) is 66.3 Å². The molecule has 1 N–H and O–H groups in total. The third-order valence-electron chi connectivity index (χ3n) is 8.31. The van der Waals surface area contributed by atoms with Crippen molar-refractivity contribution in [2.75, 3.05) is 39.3 Å². The molecule has 4 rings (SSSR count). The molecule has 0 unspecified atom stereocenters. The van der Waals surface area contributed by atoms with Gasteiger partial charge in [-0.05, 0) is 57.4 Å². The summed E-state index contributed by atoms with van der Waals surface area (Å²) in [5, 5.41) is 0.673. The first-order valence-electron chi connectivity index (χ1n) is 15.0. The molecular weight excluding hydrogens is 533 g/mol. The summed E-state index contributed by atoms with van der Waals surface area (Å²) in [5.41, 5.74) is 1.31. The number of carbonyl (C=O) groups excluding carboxylic acids is 1. The van der Waals surface area contributed by atoms with Crippen LogP contribution in [0.2, 0.25) is 0 Å². The standard InChI is InChI=1S/C31H43F3N4O3/c1-4-25-22(3)28-26(14-13-24-29(28)23(31(32,33)34)21-27(39)35-24)38(25)16-12-10-8-6-7-9-11-15-36-17-19-37(20-18-36)30(40)41-5-2/h13-14,21H,4-12,15-20H2,1-3H3,(H,35,39). The number of aromatic amines is 1. The van der Waals surface area contributed by atoms with E-state index < -0.39 is 17.3 Å². The van der Waals surface area contributed by atoms with Crippen LogP contribution in [0.4, 0.5) is 18.0 Å². The lowest BCUT2D eigenvalue weighted by Crippen LogP contribution is -2.49. The predicted octanol–water partition coefficient (Wildman–Crippen LogP) is 6.88. The molecule has 10 heteroatoms. The molecule has 1 fully saturated rings. The molecule has 1 amide bonds. The van der Waals surface area contributed by atoms with E-state index in [-0.39, 0.29) is 17.0 Å². The molecule has 1 aromatic carbocycles. The average Bonchev–Trinajstić information content (AvgIpc) is 3.21. The number of aromatic nitrogens is 2. The number of unbranched alkanes of at least 4 members (excludes halogenated alkanes) is 6. The van der Waals surface area contributed by atoms with Gasteiger partial charge in [0.2, 0.25) is 5.56 Å². The Balaban J connectivity index is 1.26. The van der Waals surface area contributed by atoms with Gasteiger partial charge in [0.15, 0.2) is 0 Å². The molecule has 1 aliphatic rings. The SMILES string of the molecule is CCOC(=O)N1CCN(CCCCCCCCCn2c(CC)c(C)c3c4c(C(F)(F)F)cc(=O)[nH]c4ccc32)CC1. The van der Waals surface area contributed by atoms with E-state index in [1.807, 2.05) is 26.8 Å². The van der Waals surface area contributed by atoms with E-state index in [1.54, 1.807) is 11.0 Å². The van der Waals surface area contributed by atoms with Crippen LogP contribution >= 0.6 is 0 Å². The minimum Gasteiger partial charge on any atom is -0.450 e. The Bertz CT molecular complexity index is 1390. The summed E-state index contributed by atoms with van der Waals surface area (Å²) in [4.78, 5) is 30.5. The number of amides is 1. The second-order valence-corrected chi connectivity index (χ2v) is 11.0. The average molecular weight is 577 g/mol. The highest BCUT2D eigenvalue weighted by Crippen LogP contribution is 2.39. The number of rotatable bonds is 12. The number of ether oxygens (including phenoxy) is 1. The molecule has 7 nitrogen and oxygen atoms in total. The molecule has 2 aromatic heterocycles. The largest absolute Gasteiger partial charge is 0.450 e. The summed E-state index contributed by atoms with van der Waals surface area (Å²) in [6.07, 6.45) is 3.81. The minimum absolute atomic E-state index is 0.0847. The number of aryl methyl sites for hydroxylation is 2. The highest BCUT2D eigenvalue weighted by atomic mass is 19.4. The number of carbonyl (C=O) groups is 1. The normalized spacial score (nSPS) is 14.8. The molecule has 0 saturated carbocycles. The van der Waals surface area contributed by atoms with Crippen molar-refractivity contribution in [1.29, 1.82) is 0 Å². The number of alkyl halides is 3. The Morgan fingerprint density at radius 2 is 1.56 bits per heavy atom. The lowest BCUT2D eigenvalue weighted by atomic mass is 10.0. The van der Waals surface area contributed by atoms with Crippen LogP contribution in [0.15, 0.2) is 23.0 Å². The number of hydrogen-bond acceptors (Lipinski definition) is 4. The highest BCUT2D eigenvalue weighted by Gasteiger charge is 2.34. The monoisotopic (exact) mass is 576 g/mol. The maximum Gasteiger partial charge on any atom is 0.417 e. The predicted molar refractivity (Wildman–Crippen MR) is 157 cm³/mol. The van der Waals surface area contributed by atoms with Crippen LogP contribution in [0, 0.1) is 6.92 Å². The molecule has 1 aliphatic heterocycles. The Morgan fingerprint density at radius 3 is 2.17 bits per heavy atom.